The van der Waals surface area contributed by atoms with Gasteiger partial charge in [0.2, 0.25) is 11.9 Å². The number of carbonyl (C=O) groups is 1. The summed E-state index contributed by atoms with van der Waals surface area (Å²) in [6, 6.07) is 6.37. The molecule has 0 radical (unpaired) electrons. The largest absolute Gasteiger partial charge is 0.342 e. The molecule has 1 fully saturated rings. The average Bonchev–Trinajstić information content (AvgIpc) is 3.31. The van der Waals surface area contributed by atoms with Crippen molar-refractivity contribution < 1.29 is 9.18 Å². The van der Waals surface area contributed by atoms with Crippen LogP contribution in [0, 0.1) is 5.82 Å². The number of halogens is 1. The van der Waals surface area contributed by atoms with E-state index in [1.165, 1.54) is 23.9 Å². The summed E-state index contributed by atoms with van der Waals surface area (Å²) in [5.41, 5.74) is 0.896. The normalized spacial score (nSPS) is 16.7. The van der Waals surface area contributed by atoms with Gasteiger partial charge >= 0.3 is 0 Å². The van der Waals surface area contributed by atoms with Gasteiger partial charge in [-0.1, -0.05) is 11.8 Å². The summed E-state index contributed by atoms with van der Waals surface area (Å²) in [4.78, 5) is 16.1. The van der Waals surface area contributed by atoms with E-state index in [1.54, 1.807) is 12.1 Å². The molecule has 126 valence electrons. The van der Waals surface area contributed by atoms with Gasteiger partial charge in [0.25, 0.3) is 0 Å². The number of hydrogen-bond donors (Lipinski definition) is 0. The lowest BCUT2D eigenvalue weighted by atomic mass is 10.3. The fourth-order valence-electron chi connectivity index (χ4n) is 3.13. The molecular formula is C16H18FN5OS. The highest BCUT2D eigenvalue weighted by molar-refractivity contribution is 7.99. The highest BCUT2D eigenvalue weighted by Gasteiger charge is 2.27. The number of aromatic nitrogens is 3. The van der Waals surface area contributed by atoms with Crippen LogP contribution in [0.1, 0.15) is 12.8 Å². The zero-order valence-corrected chi connectivity index (χ0v) is 14.0. The Bertz CT molecular complexity index is 741. The first-order valence-corrected chi connectivity index (χ1v) is 9.08. The predicted octanol–water partition coefficient (Wildman–Crippen LogP) is 2.28. The van der Waals surface area contributed by atoms with E-state index in [0.29, 0.717) is 5.75 Å². The van der Waals surface area contributed by atoms with Crippen molar-refractivity contribution in [3.63, 3.8) is 0 Å². The first-order valence-electron chi connectivity index (χ1n) is 8.09. The highest BCUT2D eigenvalue weighted by atomic mass is 32.2. The number of benzene rings is 1. The standard InChI is InChI=1S/C16H18FN5OS/c17-12-3-5-13(6-4-12)21-9-10-22-15(21)18-19-16(22)24-11-14(23)20-7-1-2-8-20/h3-6H,1-2,7-11H2. The Morgan fingerprint density at radius 2 is 1.83 bits per heavy atom. The van der Waals surface area contributed by atoms with Crippen LogP contribution >= 0.6 is 11.8 Å². The lowest BCUT2D eigenvalue weighted by molar-refractivity contribution is -0.127. The van der Waals surface area contributed by atoms with Crippen LogP contribution in [0.3, 0.4) is 0 Å². The first-order chi connectivity index (χ1) is 11.7. The van der Waals surface area contributed by atoms with E-state index in [9.17, 15) is 9.18 Å². The molecule has 6 nitrogen and oxygen atoms in total. The zero-order valence-electron chi connectivity index (χ0n) is 13.2. The van der Waals surface area contributed by atoms with E-state index >= 15 is 0 Å². The summed E-state index contributed by atoms with van der Waals surface area (Å²) in [5.74, 6) is 1.06. The minimum atomic E-state index is -0.254. The minimum absolute atomic E-state index is 0.170. The number of fused-ring (bicyclic) bond motifs is 1. The Morgan fingerprint density at radius 1 is 1.08 bits per heavy atom. The van der Waals surface area contributed by atoms with Crippen LogP contribution in [0.4, 0.5) is 16.0 Å². The Balaban J connectivity index is 1.45. The van der Waals surface area contributed by atoms with Crippen molar-refractivity contribution >= 4 is 29.3 Å². The molecule has 2 aromatic rings. The number of amides is 1. The van der Waals surface area contributed by atoms with Gasteiger partial charge in [0.1, 0.15) is 5.82 Å². The Morgan fingerprint density at radius 3 is 2.58 bits per heavy atom. The molecular weight excluding hydrogens is 329 g/mol. The molecule has 0 bridgehead atoms. The van der Waals surface area contributed by atoms with E-state index in [4.69, 9.17) is 0 Å². The van der Waals surface area contributed by atoms with Gasteiger partial charge in [-0.3, -0.25) is 9.36 Å². The van der Waals surface area contributed by atoms with Crippen molar-refractivity contribution in [1.82, 2.24) is 19.7 Å². The third-order valence-corrected chi connectivity index (χ3v) is 5.36. The van der Waals surface area contributed by atoms with Crippen molar-refractivity contribution in [2.24, 2.45) is 0 Å². The van der Waals surface area contributed by atoms with Gasteiger partial charge in [0.05, 0.1) is 5.75 Å². The molecule has 0 N–H and O–H groups in total. The summed E-state index contributed by atoms with van der Waals surface area (Å²) < 4.78 is 15.1. The van der Waals surface area contributed by atoms with Crippen LogP contribution in [-0.2, 0) is 11.3 Å². The molecule has 1 aromatic carbocycles. The number of likely N-dealkylation sites (tertiary alicyclic amines) is 1. The molecule has 2 aliphatic heterocycles. The summed E-state index contributed by atoms with van der Waals surface area (Å²) >= 11 is 1.44. The molecule has 24 heavy (non-hydrogen) atoms. The van der Waals surface area contributed by atoms with Crippen LogP contribution in [0.2, 0.25) is 0 Å². The summed E-state index contributed by atoms with van der Waals surface area (Å²) in [7, 11) is 0. The van der Waals surface area contributed by atoms with Crippen LogP contribution < -0.4 is 4.90 Å². The number of thioether (sulfide) groups is 1. The smallest absolute Gasteiger partial charge is 0.233 e. The molecule has 1 amide bonds. The molecule has 8 heteroatoms. The molecule has 0 spiro atoms. The fraction of sp³-hybridized carbons (Fsp3) is 0.438. The van der Waals surface area contributed by atoms with Crippen molar-refractivity contribution in [1.29, 1.82) is 0 Å². The Kier molecular flexibility index (Phi) is 4.13. The van der Waals surface area contributed by atoms with Gasteiger partial charge in [0, 0.05) is 31.9 Å². The monoisotopic (exact) mass is 347 g/mol. The van der Waals surface area contributed by atoms with E-state index in [2.05, 4.69) is 10.2 Å². The fourth-order valence-corrected chi connectivity index (χ4v) is 4.00. The van der Waals surface area contributed by atoms with Crippen molar-refractivity contribution in [3.8, 4) is 0 Å². The third-order valence-electron chi connectivity index (χ3n) is 4.41. The topological polar surface area (TPSA) is 54.3 Å². The molecule has 2 aliphatic rings. The molecule has 0 atom stereocenters. The Hall–Kier alpha value is -2.09. The van der Waals surface area contributed by atoms with Gasteiger partial charge in [-0.05, 0) is 37.1 Å². The maximum atomic E-state index is 13.1. The summed E-state index contributed by atoms with van der Waals surface area (Å²) in [6.07, 6.45) is 2.20. The molecule has 0 aliphatic carbocycles. The average molecular weight is 347 g/mol. The maximum Gasteiger partial charge on any atom is 0.233 e. The molecule has 4 rings (SSSR count). The van der Waals surface area contributed by atoms with Crippen LogP contribution in [0.15, 0.2) is 29.4 Å². The number of nitrogens with zero attached hydrogens (tertiary/aromatic N) is 5. The number of carbonyl (C=O) groups excluding carboxylic acids is 1. The van der Waals surface area contributed by atoms with Crippen LogP contribution in [0.5, 0.6) is 0 Å². The maximum absolute atomic E-state index is 13.1. The van der Waals surface area contributed by atoms with Crippen molar-refractivity contribution in [2.45, 2.75) is 24.5 Å². The van der Waals surface area contributed by atoms with E-state index < -0.39 is 0 Å². The van der Waals surface area contributed by atoms with Gasteiger partial charge in [-0.15, -0.1) is 10.2 Å². The highest BCUT2D eigenvalue weighted by Crippen LogP contribution is 2.32. The van der Waals surface area contributed by atoms with Crippen LogP contribution in [0.25, 0.3) is 0 Å². The summed E-state index contributed by atoms with van der Waals surface area (Å²) in [5, 5.41) is 9.24. The van der Waals surface area contributed by atoms with Gasteiger partial charge < -0.3 is 9.80 Å². The third kappa shape index (κ3) is 2.86. The summed E-state index contributed by atoms with van der Waals surface area (Å²) in [6.45, 7) is 3.27. The molecule has 0 saturated carbocycles. The molecule has 3 heterocycles. The number of hydrogen-bond acceptors (Lipinski definition) is 5. The van der Waals surface area contributed by atoms with Crippen LogP contribution in [-0.4, -0.2) is 51.0 Å². The van der Waals surface area contributed by atoms with Crippen molar-refractivity contribution in [3.05, 3.63) is 30.1 Å². The Labute approximate surface area is 143 Å². The molecule has 0 unspecified atom stereocenters. The van der Waals surface area contributed by atoms with E-state index in [1.807, 2.05) is 14.4 Å². The quantitative estimate of drug-likeness (QED) is 0.794. The second kappa shape index (κ2) is 6.43. The van der Waals surface area contributed by atoms with E-state index in [-0.39, 0.29) is 11.7 Å². The molecule has 1 saturated heterocycles. The first kappa shape index (κ1) is 15.4. The number of rotatable bonds is 4. The van der Waals surface area contributed by atoms with E-state index in [0.717, 1.165) is 55.8 Å². The SMILES string of the molecule is O=C(CSc1nnc2n1CCN2c1ccc(F)cc1)N1CCCC1. The second-order valence-electron chi connectivity index (χ2n) is 5.94. The van der Waals surface area contributed by atoms with Gasteiger partial charge in [-0.2, -0.15) is 0 Å². The lowest BCUT2D eigenvalue weighted by Gasteiger charge is -2.15. The second-order valence-corrected chi connectivity index (χ2v) is 6.88. The minimum Gasteiger partial charge on any atom is -0.342 e. The van der Waals surface area contributed by atoms with Crippen molar-refractivity contribution in [2.75, 3.05) is 30.3 Å². The van der Waals surface area contributed by atoms with Gasteiger partial charge in [-0.25, -0.2) is 4.39 Å². The molecule has 1 aromatic heterocycles. The number of anilines is 2. The predicted molar refractivity (Wildman–Crippen MR) is 90.0 cm³/mol. The zero-order chi connectivity index (χ0) is 16.5. The van der Waals surface area contributed by atoms with Gasteiger partial charge in [0.15, 0.2) is 5.16 Å². The lowest BCUT2D eigenvalue weighted by Crippen LogP contribution is -2.29.